The summed E-state index contributed by atoms with van der Waals surface area (Å²) in [6.45, 7) is 4.57. The average Bonchev–Trinajstić information content (AvgIpc) is 2.09. The summed E-state index contributed by atoms with van der Waals surface area (Å²) in [6.07, 6.45) is 0. The SMILES string of the molecule is CC(C)COc1cc(F)c(Br)cc1N. The van der Waals surface area contributed by atoms with Gasteiger partial charge in [0.15, 0.2) is 0 Å². The van der Waals surface area contributed by atoms with Crippen LogP contribution in [0, 0.1) is 11.7 Å². The molecule has 0 aromatic heterocycles. The van der Waals surface area contributed by atoms with E-state index in [1.165, 1.54) is 12.1 Å². The van der Waals surface area contributed by atoms with Gasteiger partial charge in [-0.15, -0.1) is 0 Å². The van der Waals surface area contributed by atoms with Gasteiger partial charge in [-0.2, -0.15) is 0 Å². The van der Waals surface area contributed by atoms with Gasteiger partial charge in [-0.3, -0.25) is 0 Å². The molecule has 14 heavy (non-hydrogen) atoms. The Morgan fingerprint density at radius 2 is 2.14 bits per heavy atom. The molecule has 0 saturated carbocycles. The summed E-state index contributed by atoms with van der Waals surface area (Å²) in [7, 11) is 0. The molecular formula is C10H13BrFNO. The number of anilines is 1. The number of hydrogen-bond acceptors (Lipinski definition) is 2. The van der Waals surface area contributed by atoms with Crippen molar-refractivity contribution >= 4 is 21.6 Å². The van der Waals surface area contributed by atoms with Crippen molar-refractivity contribution in [3.05, 3.63) is 22.4 Å². The Morgan fingerprint density at radius 1 is 1.50 bits per heavy atom. The summed E-state index contributed by atoms with van der Waals surface area (Å²) in [5.74, 6) is 0.429. The van der Waals surface area contributed by atoms with Gasteiger partial charge in [0.05, 0.1) is 16.8 Å². The third-order valence-electron chi connectivity index (χ3n) is 1.62. The lowest BCUT2D eigenvalue weighted by Gasteiger charge is -2.11. The Hall–Kier alpha value is -0.770. The van der Waals surface area contributed by atoms with Crippen LogP contribution in [0.5, 0.6) is 5.75 Å². The van der Waals surface area contributed by atoms with Gasteiger partial charge in [0.25, 0.3) is 0 Å². The molecule has 4 heteroatoms. The van der Waals surface area contributed by atoms with Gasteiger partial charge in [-0.1, -0.05) is 13.8 Å². The van der Waals surface area contributed by atoms with E-state index < -0.39 is 0 Å². The fraction of sp³-hybridized carbons (Fsp3) is 0.400. The van der Waals surface area contributed by atoms with Crippen molar-refractivity contribution in [1.29, 1.82) is 0 Å². The van der Waals surface area contributed by atoms with Crippen LogP contribution in [0.4, 0.5) is 10.1 Å². The molecule has 78 valence electrons. The standard InChI is InChI=1S/C10H13BrFNO/c1-6(2)5-14-10-4-8(12)7(11)3-9(10)13/h3-4,6H,5,13H2,1-2H3. The first-order valence-electron chi connectivity index (χ1n) is 4.38. The van der Waals surface area contributed by atoms with E-state index in [4.69, 9.17) is 10.5 Å². The number of hydrogen-bond donors (Lipinski definition) is 1. The molecule has 0 amide bonds. The van der Waals surface area contributed by atoms with E-state index in [2.05, 4.69) is 15.9 Å². The molecule has 0 aliphatic rings. The van der Waals surface area contributed by atoms with Crippen LogP contribution in [0.3, 0.4) is 0 Å². The predicted octanol–water partition coefficient (Wildman–Crippen LogP) is 3.21. The summed E-state index contributed by atoms with van der Waals surface area (Å²) in [6, 6.07) is 2.80. The summed E-state index contributed by atoms with van der Waals surface area (Å²) in [5, 5.41) is 0. The molecule has 0 saturated heterocycles. The molecule has 0 spiro atoms. The van der Waals surface area contributed by atoms with Gasteiger partial charge in [-0.25, -0.2) is 4.39 Å². The van der Waals surface area contributed by atoms with Crippen LogP contribution in [-0.2, 0) is 0 Å². The van der Waals surface area contributed by atoms with Crippen molar-refractivity contribution in [2.45, 2.75) is 13.8 Å². The fourth-order valence-electron chi connectivity index (χ4n) is 0.925. The van der Waals surface area contributed by atoms with Crippen molar-refractivity contribution in [2.24, 2.45) is 5.92 Å². The molecule has 1 aromatic carbocycles. The number of halogens is 2. The van der Waals surface area contributed by atoms with Gasteiger partial charge >= 0.3 is 0 Å². The highest BCUT2D eigenvalue weighted by Crippen LogP contribution is 2.28. The molecule has 0 aliphatic heterocycles. The molecule has 0 atom stereocenters. The Bertz CT molecular complexity index is 328. The third-order valence-corrected chi connectivity index (χ3v) is 2.23. The van der Waals surface area contributed by atoms with Crippen molar-refractivity contribution in [3.8, 4) is 5.75 Å². The lowest BCUT2D eigenvalue weighted by Crippen LogP contribution is -2.06. The average molecular weight is 262 g/mol. The van der Waals surface area contributed by atoms with E-state index in [1.54, 1.807) is 0 Å². The van der Waals surface area contributed by atoms with E-state index in [0.717, 1.165) is 0 Å². The maximum atomic E-state index is 13.1. The zero-order chi connectivity index (χ0) is 10.7. The van der Waals surface area contributed by atoms with Crippen LogP contribution in [0.15, 0.2) is 16.6 Å². The molecule has 0 bridgehead atoms. The monoisotopic (exact) mass is 261 g/mol. The zero-order valence-corrected chi connectivity index (χ0v) is 9.77. The van der Waals surface area contributed by atoms with Crippen molar-refractivity contribution in [2.75, 3.05) is 12.3 Å². The highest BCUT2D eigenvalue weighted by molar-refractivity contribution is 9.10. The molecule has 0 aliphatic carbocycles. The second kappa shape index (κ2) is 4.64. The molecule has 1 aromatic rings. The summed E-state index contributed by atoms with van der Waals surface area (Å²) in [5.41, 5.74) is 6.10. The summed E-state index contributed by atoms with van der Waals surface area (Å²) >= 11 is 3.05. The van der Waals surface area contributed by atoms with Crippen LogP contribution < -0.4 is 10.5 Å². The van der Waals surface area contributed by atoms with E-state index in [-0.39, 0.29) is 5.82 Å². The minimum absolute atomic E-state index is 0.354. The molecule has 0 unspecified atom stereocenters. The maximum Gasteiger partial charge on any atom is 0.145 e. The number of benzene rings is 1. The largest absolute Gasteiger partial charge is 0.491 e. The minimum atomic E-state index is -0.363. The van der Waals surface area contributed by atoms with Gasteiger partial charge in [0.1, 0.15) is 11.6 Å². The zero-order valence-electron chi connectivity index (χ0n) is 8.18. The van der Waals surface area contributed by atoms with Gasteiger partial charge in [0.2, 0.25) is 0 Å². The lowest BCUT2D eigenvalue weighted by atomic mass is 10.2. The maximum absolute atomic E-state index is 13.1. The lowest BCUT2D eigenvalue weighted by molar-refractivity contribution is 0.271. The Kier molecular flexibility index (Phi) is 3.75. The molecule has 2 nitrogen and oxygen atoms in total. The topological polar surface area (TPSA) is 35.2 Å². The molecule has 0 heterocycles. The summed E-state index contributed by atoms with van der Waals surface area (Å²) in [4.78, 5) is 0. The first-order chi connectivity index (χ1) is 6.50. The second-order valence-electron chi connectivity index (χ2n) is 3.51. The first-order valence-corrected chi connectivity index (χ1v) is 5.17. The van der Waals surface area contributed by atoms with Crippen LogP contribution >= 0.6 is 15.9 Å². The Labute approximate surface area is 91.4 Å². The van der Waals surface area contributed by atoms with Crippen LogP contribution in [0.1, 0.15) is 13.8 Å². The first kappa shape index (κ1) is 11.3. The van der Waals surface area contributed by atoms with Crippen LogP contribution in [-0.4, -0.2) is 6.61 Å². The quantitative estimate of drug-likeness (QED) is 0.849. The van der Waals surface area contributed by atoms with Crippen molar-refractivity contribution in [3.63, 3.8) is 0 Å². The van der Waals surface area contributed by atoms with E-state index in [1.807, 2.05) is 13.8 Å². The van der Waals surface area contributed by atoms with Gasteiger partial charge < -0.3 is 10.5 Å². The Morgan fingerprint density at radius 3 is 2.71 bits per heavy atom. The Balaban J connectivity index is 2.82. The number of rotatable bonds is 3. The molecule has 2 N–H and O–H groups in total. The molecular weight excluding hydrogens is 249 g/mol. The van der Waals surface area contributed by atoms with E-state index >= 15 is 0 Å². The predicted molar refractivity (Wildman–Crippen MR) is 58.8 cm³/mol. The highest BCUT2D eigenvalue weighted by Gasteiger charge is 2.07. The minimum Gasteiger partial charge on any atom is -0.491 e. The van der Waals surface area contributed by atoms with E-state index in [0.29, 0.717) is 28.4 Å². The van der Waals surface area contributed by atoms with Crippen LogP contribution in [0.25, 0.3) is 0 Å². The second-order valence-corrected chi connectivity index (χ2v) is 4.36. The number of ether oxygens (including phenoxy) is 1. The molecule has 0 radical (unpaired) electrons. The molecule has 1 rings (SSSR count). The number of nitrogen functional groups attached to an aromatic ring is 1. The normalized spacial score (nSPS) is 10.6. The third kappa shape index (κ3) is 2.87. The van der Waals surface area contributed by atoms with E-state index in [9.17, 15) is 4.39 Å². The highest BCUT2D eigenvalue weighted by atomic mass is 79.9. The number of nitrogens with two attached hydrogens (primary N) is 1. The molecule has 0 fully saturated rings. The van der Waals surface area contributed by atoms with Crippen LogP contribution in [0.2, 0.25) is 0 Å². The van der Waals surface area contributed by atoms with Crippen molar-refractivity contribution < 1.29 is 9.13 Å². The smallest absolute Gasteiger partial charge is 0.145 e. The van der Waals surface area contributed by atoms with Crippen molar-refractivity contribution in [1.82, 2.24) is 0 Å². The summed E-state index contributed by atoms with van der Waals surface area (Å²) < 4.78 is 18.8. The van der Waals surface area contributed by atoms with Gasteiger partial charge in [-0.05, 0) is 27.9 Å². The van der Waals surface area contributed by atoms with Gasteiger partial charge in [0, 0.05) is 6.07 Å². The fourth-order valence-corrected chi connectivity index (χ4v) is 1.29.